The summed E-state index contributed by atoms with van der Waals surface area (Å²) in [4.78, 5) is 17.4. The summed E-state index contributed by atoms with van der Waals surface area (Å²) in [5.41, 5.74) is 1.97. The molecular formula is C23H15BrFI2N3O2. The van der Waals surface area contributed by atoms with E-state index in [1.807, 2.05) is 24.3 Å². The van der Waals surface area contributed by atoms with Crippen molar-refractivity contribution in [1.29, 1.82) is 0 Å². The minimum Gasteiger partial charge on any atom is -0.487 e. The molecule has 0 spiro atoms. The summed E-state index contributed by atoms with van der Waals surface area (Å²) in [5.74, 6) is 0.932. The number of aromatic nitrogens is 2. The van der Waals surface area contributed by atoms with Crippen molar-refractivity contribution < 1.29 is 9.13 Å². The van der Waals surface area contributed by atoms with E-state index in [1.165, 1.54) is 16.8 Å². The topological polar surface area (TPSA) is 56.5 Å². The van der Waals surface area contributed by atoms with Gasteiger partial charge in [-0.1, -0.05) is 28.1 Å². The van der Waals surface area contributed by atoms with Gasteiger partial charge in [0.05, 0.1) is 24.3 Å². The van der Waals surface area contributed by atoms with E-state index in [1.54, 1.807) is 31.3 Å². The maximum absolute atomic E-state index is 13.4. The predicted molar refractivity (Wildman–Crippen MR) is 144 cm³/mol. The third kappa shape index (κ3) is 5.20. The molecule has 0 aliphatic carbocycles. The molecule has 3 aromatic carbocycles. The Morgan fingerprint density at radius 1 is 1.16 bits per heavy atom. The van der Waals surface area contributed by atoms with Crippen LogP contribution in [-0.2, 0) is 6.61 Å². The molecule has 1 heterocycles. The van der Waals surface area contributed by atoms with Gasteiger partial charge in [-0.2, -0.15) is 9.78 Å². The Morgan fingerprint density at radius 3 is 2.62 bits per heavy atom. The van der Waals surface area contributed by atoms with Crippen molar-refractivity contribution in [3.05, 3.63) is 99.3 Å². The zero-order valence-electron chi connectivity index (χ0n) is 16.7. The largest absolute Gasteiger partial charge is 0.487 e. The van der Waals surface area contributed by atoms with Gasteiger partial charge in [0.15, 0.2) is 0 Å². The first-order chi connectivity index (χ1) is 15.3. The van der Waals surface area contributed by atoms with Crippen molar-refractivity contribution in [2.75, 3.05) is 0 Å². The zero-order valence-corrected chi connectivity index (χ0v) is 22.6. The van der Waals surface area contributed by atoms with Crippen LogP contribution in [-0.4, -0.2) is 15.9 Å². The van der Waals surface area contributed by atoms with E-state index in [0.29, 0.717) is 16.7 Å². The summed E-state index contributed by atoms with van der Waals surface area (Å²) < 4.78 is 23.2. The van der Waals surface area contributed by atoms with Gasteiger partial charge in [-0.25, -0.2) is 9.37 Å². The molecule has 0 amide bonds. The monoisotopic (exact) mass is 717 g/mol. The lowest BCUT2D eigenvalue weighted by Crippen LogP contribution is -2.20. The second kappa shape index (κ2) is 9.96. The first-order valence-corrected chi connectivity index (χ1v) is 12.4. The number of hydrogen-bond acceptors (Lipinski definition) is 4. The lowest BCUT2D eigenvalue weighted by atomic mass is 10.2. The molecule has 9 heteroatoms. The number of benzene rings is 3. The van der Waals surface area contributed by atoms with Gasteiger partial charge in [-0.3, -0.25) is 4.79 Å². The van der Waals surface area contributed by atoms with E-state index in [0.717, 1.165) is 28.5 Å². The SMILES string of the molecule is Cc1nc2ccc(Br)cc2c(=O)n1N=Cc1cc(I)c(OCc2cccc(F)c2)c(I)c1. The Bertz CT molecular complexity index is 1400. The smallest absolute Gasteiger partial charge is 0.282 e. The average Bonchev–Trinajstić information content (AvgIpc) is 2.74. The van der Waals surface area contributed by atoms with Gasteiger partial charge in [0.1, 0.15) is 24.0 Å². The molecule has 0 aliphatic rings. The summed E-state index contributed by atoms with van der Waals surface area (Å²) in [7, 11) is 0. The normalized spacial score (nSPS) is 11.4. The second-order valence-corrected chi connectivity index (χ2v) is 10.2. The van der Waals surface area contributed by atoms with Crippen LogP contribution in [0.4, 0.5) is 4.39 Å². The van der Waals surface area contributed by atoms with Crippen LogP contribution in [0.25, 0.3) is 10.9 Å². The van der Waals surface area contributed by atoms with Crippen LogP contribution in [0.2, 0.25) is 0 Å². The first-order valence-electron chi connectivity index (χ1n) is 9.41. The van der Waals surface area contributed by atoms with Gasteiger partial charge in [0.2, 0.25) is 0 Å². The highest BCUT2D eigenvalue weighted by Crippen LogP contribution is 2.29. The number of ether oxygens (including phenoxy) is 1. The first kappa shape index (κ1) is 23.3. The Balaban J connectivity index is 1.61. The van der Waals surface area contributed by atoms with Crippen LogP contribution in [0.5, 0.6) is 5.75 Å². The molecule has 0 saturated heterocycles. The van der Waals surface area contributed by atoms with Crippen molar-refractivity contribution in [1.82, 2.24) is 9.66 Å². The molecule has 1 aromatic heterocycles. The van der Waals surface area contributed by atoms with Crippen molar-refractivity contribution in [2.24, 2.45) is 5.10 Å². The van der Waals surface area contributed by atoms with Gasteiger partial charge in [-0.05, 0) is 106 Å². The molecule has 4 aromatic rings. The summed E-state index contributed by atoms with van der Waals surface area (Å²) in [6.45, 7) is 2.02. The minimum absolute atomic E-state index is 0.232. The minimum atomic E-state index is -0.289. The maximum Gasteiger partial charge on any atom is 0.282 e. The Morgan fingerprint density at radius 2 is 1.91 bits per heavy atom. The van der Waals surface area contributed by atoms with E-state index in [9.17, 15) is 9.18 Å². The van der Waals surface area contributed by atoms with E-state index < -0.39 is 0 Å². The molecule has 162 valence electrons. The molecule has 0 bridgehead atoms. The fourth-order valence-electron chi connectivity index (χ4n) is 3.09. The molecule has 0 saturated carbocycles. The Kier molecular flexibility index (Phi) is 7.25. The number of hydrogen-bond donors (Lipinski definition) is 0. The van der Waals surface area contributed by atoms with Crippen LogP contribution in [0, 0.1) is 19.9 Å². The van der Waals surface area contributed by atoms with E-state index in [2.05, 4.69) is 71.2 Å². The molecule has 32 heavy (non-hydrogen) atoms. The van der Waals surface area contributed by atoms with Crippen LogP contribution < -0.4 is 10.3 Å². The van der Waals surface area contributed by atoms with Gasteiger partial charge >= 0.3 is 0 Å². The quantitative estimate of drug-likeness (QED) is 0.181. The molecule has 5 nitrogen and oxygen atoms in total. The standard InChI is InChI=1S/C23H15BrFI2N3O2/c1-13-29-21-6-5-16(24)10-18(21)23(31)30(13)28-11-15-8-19(26)22(20(27)9-15)32-12-14-3-2-4-17(25)7-14/h2-11H,12H2,1H3. The molecule has 4 rings (SSSR count). The van der Waals surface area contributed by atoms with Gasteiger partial charge in [-0.15, -0.1) is 0 Å². The highest BCUT2D eigenvalue weighted by molar-refractivity contribution is 14.1. The third-order valence-electron chi connectivity index (χ3n) is 4.59. The number of halogens is 4. The van der Waals surface area contributed by atoms with Crippen molar-refractivity contribution in [3.63, 3.8) is 0 Å². The Labute approximate surface area is 219 Å². The van der Waals surface area contributed by atoms with Crippen LogP contribution >= 0.6 is 61.1 Å². The maximum atomic E-state index is 13.4. The summed E-state index contributed by atoms with van der Waals surface area (Å²) in [5, 5.41) is 4.88. The third-order valence-corrected chi connectivity index (χ3v) is 6.68. The predicted octanol–water partition coefficient (Wildman–Crippen LogP) is 6.28. The summed E-state index contributed by atoms with van der Waals surface area (Å²) in [6, 6.07) is 15.6. The Hall–Kier alpha value is -1.86. The second-order valence-electron chi connectivity index (χ2n) is 6.91. The molecule has 0 radical (unpaired) electrons. The van der Waals surface area contributed by atoms with E-state index >= 15 is 0 Å². The van der Waals surface area contributed by atoms with Gasteiger partial charge in [0, 0.05) is 4.47 Å². The number of nitrogens with zero attached hydrogens (tertiary/aromatic N) is 3. The van der Waals surface area contributed by atoms with Crippen molar-refractivity contribution in [3.8, 4) is 5.75 Å². The molecular weight excluding hydrogens is 703 g/mol. The molecule has 0 aliphatic heterocycles. The average molecular weight is 718 g/mol. The molecule has 0 N–H and O–H groups in total. The highest BCUT2D eigenvalue weighted by Gasteiger charge is 2.11. The lowest BCUT2D eigenvalue weighted by molar-refractivity contribution is 0.301. The summed E-state index contributed by atoms with van der Waals surface area (Å²) in [6.07, 6.45) is 1.63. The highest BCUT2D eigenvalue weighted by atomic mass is 127. The molecule has 0 fully saturated rings. The number of fused-ring (bicyclic) bond motifs is 1. The van der Waals surface area contributed by atoms with Crippen LogP contribution in [0.15, 0.2) is 69.0 Å². The fourth-order valence-corrected chi connectivity index (χ4v) is 5.58. The lowest BCUT2D eigenvalue weighted by Gasteiger charge is -2.12. The molecule has 0 unspecified atom stereocenters. The van der Waals surface area contributed by atoms with E-state index in [4.69, 9.17) is 4.74 Å². The zero-order chi connectivity index (χ0) is 22.8. The summed E-state index contributed by atoms with van der Waals surface area (Å²) >= 11 is 7.78. The van der Waals surface area contributed by atoms with Crippen LogP contribution in [0.3, 0.4) is 0 Å². The number of aryl methyl sites for hydroxylation is 1. The van der Waals surface area contributed by atoms with Gasteiger partial charge in [0.25, 0.3) is 5.56 Å². The fraction of sp³-hybridized carbons (Fsp3) is 0.0870. The number of rotatable bonds is 5. The van der Waals surface area contributed by atoms with Crippen molar-refractivity contribution >= 4 is 78.2 Å². The molecule has 0 atom stereocenters. The van der Waals surface area contributed by atoms with Crippen LogP contribution in [0.1, 0.15) is 17.0 Å². The van der Waals surface area contributed by atoms with E-state index in [-0.39, 0.29) is 18.0 Å². The van der Waals surface area contributed by atoms with Crippen molar-refractivity contribution in [2.45, 2.75) is 13.5 Å². The van der Waals surface area contributed by atoms with Gasteiger partial charge < -0.3 is 4.74 Å².